The SMILES string of the molecule is O=[N+]([O-])c1ccc(CCNS(=O)(=O)N2CCNCC2)cc1. The quantitative estimate of drug-likeness (QED) is 0.562. The van der Waals surface area contributed by atoms with Gasteiger partial charge in [0.25, 0.3) is 15.9 Å². The lowest BCUT2D eigenvalue weighted by molar-refractivity contribution is -0.384. The first-order chi connectivity index (χ1) is 9.99. The Kier molecular flexibility index (Phi) is 5.23. The molecule has 0 bridgehead atoms. The topological polar surface area (TPSA) is 105 Å². The van der Waals surface area contributed by atoms with Crippen LogP contribution in [-0.2, 0) is 16.6 Å². The summed E-state index contributed by atoms with van der Waals surface area (Å²) >= 11 is 0. The van der Waals surface area contributed by atoms with Gasteiger partial charge in [0.1, 0.15) is 0 Å². The van der Waals surface area contributed by atoms with Gasteiger partial charge in [-0.2, -0.15) is 12.7 Å². The van der Waals surface area contributed by atoms with Crippen molar-refractivity contribution in [2.45, 2.75) is 6.42 Å². The molecule has 1 heterocycles. The van der Waals surface area contributed by atoms with Crippen LogP contribution < -0.4 is 10.0 Å². The molecule has 1 saturated heterocycles. The van der Waals surface area contributed by atoms with Crippen molar-refractivity contribution < 1.29 is 13.3 Å². The van der Waals surface area contributed by atoms with Crippen molar-refractivity contribution in [1.29, 1.82) is 0 Å². The third-order valence-corrected chi connectivity index (χ3v) is 4.88. The van der Waals surface area contributed by atoms with E-state index in [1.807, 2.05) is 0 Å². The highest BCUT2D eigenvalue weighted by atomic mass is 32.2. The Morgan fingerprint density at radius 1 is 1.24 bits per heavy atom. The fourth-order valence-electron chi connectivity index (χ4n) is 2.08. The van der Waals surface area contributed by atoms with Gasteiger partial charge in [0.15, 0.2) is 0 Å². The first-order valence-corrected chi connectivity index (χ1v) is 8.12. The first-order valence-electron chi connectivity index (χ1n) is 6.68. The molecule has 8 nitrogen and oxygen atoms in total. The molecule has 1 aliphatic rings. The van der Waals surface area contributed by atoms with Crippen LogP contribution in [-0.4, -0.2) is 50.4 Å². The molecule has 0 spiro atoms. The molecule has 0 amide bonds. The average Bonchev–Trinajstić information content (AvgIpc) is 2.48. The highest BCUT2D eigenvalue weighted by Crippen LogP contribution is 2.12. The van der Waals surface area contributed by atoms with Crippen LogP contribution in [0.1, 0.15) is 5.56 Å². The average molecular weight is 314 g/mol. The van der Waals surface area contributed by atoms with E-state index in [0.29, 0.717) is 32.6 Å². The van der Waals surface area contributed by atoms with E-state index in [9.17, 15) is 18.5 Å². The molecule has 0 atom stereocenters. The Morgan fingerprint density at radius 2 is 1.86 bits per heavy atom. The van der Waals surface area contributed by atoms with Crippen LogP contribution in [0.2, 0.25) is 0 Å². The van der Waals surface area contributed by atoms with E-state index in [-0.39, 0.29) is 12.2 Å². The Bertz CT molecular complexity index is 582. The summed E-state index contributed by atoms with van der Waals surface area (Å²) in [6.45, 7) is 2.51. The second-order valence-corrected chi connectivity index (χ2v) is 6.48. The number of non-ortho nitro benzene ring substituents is 1. The second-order valence-electron chi connectivity index (χ2n) is 4.72. The lowest BCUT2D eigenvalue weighted by Gasteiger charge is -2.26. The van der Waals surface area contributed by atoms with E-state index in [1.54, 1.807) is 12.1 Å². The molecule has 9 heteroatoms. The maximum absolute atomic E-state index is 12.0. The number of nitro benzene ring substituents is 1. The van der Waals surface area contributed by atoms with Crippen molar-refractivity contribution >= 4 is 15.9 Å². The predicted octanol–water partition coefficient (Wildman–Crippen LogP) is -0.123. The third kappa shape index (κ3) is 4.46. The molecule has 2 rings (SSSR count). The molecule has 1 fully saturated rings. The van der Waals surface area contributed by atoms with Gasteiger partial charge >= 0.3 is 0 Å². The summed E-state index contributed by atoms with van der Waals surface area (Å²) in [6, 6.07) is 6.11. The van der Waals surface area contributed by atoms with E-state index >= 15 is 0 Å². The first kappa shape index (κ1) is 15.8. The Labute approximate surface area is 123 Å². The minimum atomic E-state index is -3.44. The Balaban J connectivity index is 1.84. The maximum atomic E-state index is 12.0. The van der Waals surface area contributed by atoms with Gasteiger partial charge < -0.3 is 5.32 Å². The number of benzene rings is 1. The van der Waals surface area contributed by atoms with E-state index in [2.05, 4.69) is 10.0 Å². The molecule has 0 saturated carbocycles. The molecule has 0 aliphatic carbocycles. The zero-order chi connectivity index (χ0) is 15.3. The lowest BCUT2D eigenvalue weighted by Crippen LogP contribution is -2.50. The number of hydrogen-bond acceptors (Lipinski definition) is 5. The fraction of sp³-hybridized carbons (Fsp3) is 0.500. The summed E-state index contributed by atoms with van der Waals surface area (Å²) in [5.74, 6) is 0. The molecule has 0 aromatic heterocycles. The van der Waals surface area contributed by atoms with Crippen molar-refractivity contribution in [3.05, 3.63) is 39.9 Å². The minimum absolute atomic E-state index is 0.0279. The Hall–Kier alpha value is -1.55. The number of piperazine rings is 1. The van der Waals surface area contributed by atoms with Gasteiger partial charge in [-0.3, -0.25) is 10.1 Å². The molecule has 0 unspecified atom stereocenters. The summed E-state index contributed by atoms with van der Waals surface area (Å²) in [4.78, 5) is 10.1. The molecular weight excluding hydrogens is 296 g/mol. The summed E-state index contributed by atoms with van der Waals surface area (Å²) in [7, 11) is -3.44. The third-order valence-electron chi connectivity index (χ3n) is 3.26. The largest absolute Gasteiger partial charge is 0.314 e. The number of rotatable bonds is 6. The van der Waals surface area contributed by atoms with Gasteiger partial charge in [0.2, 0.25) is 0 Å². The van der Waals surface area contributed by atoms with Gasteiger partial charge in [-0.1, -0.05) is 12.1 Å². The van der Waals surface area contributed by atoms with E-state index in [4.69, 9.17) is 0 Å². The smallest absolute Gasteiger partial charge is 0.279 e. The van der Waals surface area contributed by atoms with Gasteiger partial charge in [0, 0.05) is 44.9 Å². The lowest BCUT2D eigenvalue weighted by atomic mass is 10.1. The van der Waals surface area contributed by atoms with Gasteiger partial charge in [-0.25, -0.2) is 4.72 Å². The van der Waals surface area contributed by atoms with Gasteiger partial charge in [0.05, 0.1) is 4.92 Å². The molecule has 1 aliphatic heterocycles. The van der Waals surface area contributed by atoms with Crippen molar-refractivity contribution in [3.63, 3.8) is 0 Å². The number of nitrogens with one attached hydrogen (secondary N) is 2. The van der Waals surface area contributed by atoms with Crippen molar-refractivity contribution in [3.8, 4) is 0 Å². The highest BCUT2D eigenvalue weighted by Gasteiger charge is 2.22. The normalized spacial score (nSPS) is 16.8. The number of nitrogens with zero attached hydrogens (tertiary/aromatic N) is 2. The second kappa shape index (κ2) is 6.94. The van der Waals surface area contributed by atoms with Crippen LogP contribution in [0.25, 0.3) is 0 Å². The Morgan fingerprint density at radius 3 is 2.43 bits per heavy atom. The molecule has 21 heavy (non-hydrogen) atoms. The molecule has 2 N–H and O–H groups in total. The molecule has 1 aromatic carbocycles. The summed E-state index contributed by atoms with van der Waals surface area (Å²) < 4.78 is 28.0. The van der Waals surface area contributed by atoms with Gasteiger partial charge in [-0.05, 0) is 12.0 Å². The van der Waals surface area contributed by atoms with E-state index in [1.165, 1.54) is 16.4 Å². The molecule has 1 aromatic rings. The van der Waals surface area contributed by atoms with Crippen LogP contribution in [0, 0.1) is 10.1 Å². The zero-order valence-corrected chi connectivity index (χ0v) is 12.3. The van der Waals surface area contributed by atoms with E-state index < -0.39 is 15.1 Å². The van der Waals surface area contributed by atoms with Crippen molar-refractivity contribution in [2.75, 3.05) is 32.7 Å². The number of hydrogen-bond donors (Lipinski definition) is 2. The van der Waals surface area contributed by atoms with Crippen LogP contribution >= 0.6 is 0 Å². The summed E-state index contributed by atoms with van der Waals surface area (Å²) in [5.41, 5.74) is 0.878. The molecular formula is C12H18N4O4S. The predicted molar refractivity (Wildman–Crippen MR) is 78.2 cm³/mol. The van der Waals surface area contributed by atoms with Crippen LogP contribution in [0.15, 0.2) is 24.3 Å². The highest BCUT2D eigenvalue weighted by molar-refractivity contribution is 7.87. The summed E-state index contributed by atoms with van der Waals surface area (Å²) in [6.07, 6.45) is 0.489. The number of nitro groups is 1. The molecule has 0 radical (unpaired) electrons. The minimum Gasteiger partial charge on any atom is -0.314 e. The van der Waals surface area contributed by atoms with Gasteiger partial charge in [-0.15, -0.1) is 0 Å². The monoisotopic (exact) mass is 314 g/mol. The molecule has 116 valence electrons. The standard InChI is InChI=1S/C12H18N4O4S/c17-16(18)12-3-1-11(2-4-12)5-6-14-21(19,20)15-9-7-13-8-10-15/h1-4,13-14H,5-10H2. The van der Waals surface area contributed by atoms with Crippen LogP contribution in [0.4, 0.5) is 5.69 Å². The maximum Gasteiger partial charge on any atom is 0.279 e. The van der Waals surface area contributed by atoms with Crippen molar-refractivity contribution in [2.24, 2.45) is 0 Å². The van der Waals surface area contributed by atoms with Crippen molar-refractivity contribution in [1.82, 2.24) is 14.3 Å². The van der Waals surface area contributed by atoms with Crippen LogP contribution in [0.5, 0.6) is 0 Å². The fourth-order valence-corrected chi connectivity index (χ4v) is 3.29. The van der Waals surface area contributed by atoms with Crippen LogP contribution in [0.3, 0.4) is 0 Å². The van der Waals surface area contributed by atoms with E-state index in [0.717, 1.165) is 5.56 Å². The summed E-state index contributed by atoms with van der Waals surface area (Å²) in [5, 5.41) is 13.6. The zero-order valence-electron chi connectivity index (χ0n) is 11.5.